The highest BCUT2D eigenvalue weighted by Crippen LogP contribution is 2.24. The van der Waals surface area contributed by atoms with Gasteiger partial charge in [-0.3, -0.25) is 4.79 Å². The summed E-state index contributed by atoms with van der Waals surface area (Å²) in [6.07, 6.45) is 0. The molecule has 2 N–H and O–H groups in total. The maximum Gasteiger partial charge on any atom is 0.258 e. The lowest BCUT2D eigenvalue weighted by Gasteiger charge is -2.18. The minimum absolute atomic E-state index is 0.0307. The molecule has 0 aromatic heterocycles. The molecule has 2 aromatic carbocycles. The van der Waals surface area contributed by atoms with Crippen molar-refractivity contribution >= 4 is 33.2 Å². The van der Waals surface area contributed by atoms with Crippen LogP contribution in [0.15, 0.2) is 47.4 Å². The predicted molar refractivity (Wildman–Crippen MR) is 88.5 cm³/mol. The van der Waals surface area contributed by atoms with Crippen molar-refractivity contribution in [1.82, 2.24) is 4.72 Å². The van der Waals surface area contributed by atoms with Crippen molar-refractivity contribution in [3.63, 3.8) is 0 Å². The summed E-state index contributed by atoms with van der Waals surface area (Å²) in [4.78, 5) is 13.7. The summed E-state index contributed by atoms with van der Waals surface area (Å²) in [5.74, 6) is -0.316. The SMILES string of the molecule is CNS(=O)(=O)c1cc(C(=O)N(C)c2ccc(O)cc2)ccc1Cl. The van der Waals surface area contributed by atoms with Gasteiger partial charge in [0.25, 0.3) is 5.91 Å². The van der Waals surface area contributed by atoms with Crippen LogP contribution >= 0.6 is 11.6 Å². The molecule has 0 saturated heterocycles. The smallest absolute Gasteiger partial charge is 0.258 e. The third-order valence-electron chi connectivity index (χ3n) is 3.28. The number of hydrogen-bond donors (Lipinski definition) is 2. The van der Waals surface area contributed by atoms with Gasteiger partial charge in [-0.05, 0) is 49.5 Å². The number of aromatic hydroxyl groups is 1. The zero-order chi connectivity index (χ0) is 17.2. The molecule has 0 aliphatic carbocycles. The van der Waals surface area contributed by atoms with Crippen LogP contribution in [0, 0.1) is 0 Å². The molecule has 0 atom stereocenters. The number of benzene rings is 2. The van der Waals surface area contributed by atoms with Crippen LogP contribution in [-0.4, -0.2) is 33.5 Å². The third-order valence-corrected chi connectivity index (χ3v) is 5.17. The third kappa shape index (κ3) is 3.64. The second-order valence-corrected chi connectivity index (χ2v) is 7.00. The van der Waals surface area contributed by atoms with Gasteiger partial charge in [0, 0.05) is 18.3 Å². The van der Waals surface area contributed by atoms with Crippen LogP contribution in [0.2, 0.25) is 5.02 Å². The molecule has 2 aromatic rings. The number of nitrogens with one attached hydrogen (secondary N) is 1. The summed E-state index contributed by atoms with van der Waals surface area (Å²) in [5, 5.41) is 9.32. The van der Waals surface area contributed by atoms with Gasteiger partial charge in [-0.15, -0.1) is 0 Å². The summed E-state index contributed by atoms with van der Waals surface area (Å²) in [6, 6.07) is 10.1. The Hall–Kier alpha value is -2.09. The van der Waals surface area contributed by atoms with E-state index in [4.69, 9.17) is 11.6 Å². The Morgan fingerprint density at radius 1 is 1.17 bits per heavy atom. The number of nitrogens with zero attached hydrogens (tertiary/aromatic N) is 1. The monoisotopic (exact) mass is 354 g/mol. The van der Waals surface area contributed by atoms with Gasteiger partial charge < -0.3 is 10.0 Å². The molecule has 1 amide bonds. The molecule has 0 saturated carbocycles. The zero-order valence-electron chi connectivity index (χ0n) is 12.4. The van der Waals surface area contributed by atoms with E-state index in [9.17, 15) is 18.3 Å². The van der Waals surface area contributed by atoms with Crippen LogP contribution < -0.4 is 9.62 Å². The molecule has 0 radical (unpaired) electrons. The minimum atomic E-state index is -3.77. The standard InChI is InChI=1S/C15H15ClN2O4S/c1-17-23(21,22)14-9-10(3-8-13(14)16)15(20)18(2)11-4-6-12(19)7-5-11/h3-9,17,19H,1-2H3. The summed E-state index contributed by atoms with van der Waals surface area (Å²) in [7, 11) is -0.949. The van der Waals surface area contributed by atoms with E-state index in [-0.39, 0.29) is 21.2 Å². The second-order valence-electron chi connectivity index (χ2n) is 4.73. The Labute approximate surface area is 139 Å². The first kappa shape index (κ1) is 17.3. The Kier molecular flexibility index (Phi) is 4.93. The number of anilines is 1. The number of sulfonamides is 1. The molecule has 0 bridgehead atoms. The fraction of sp³-hybridized carbons (Fsp3) is 0.133. The summed E-state index contributed by atoms with van der Waals surface area (Å²) >= 11 is 5.91. The number of halogens is 1. The topological polar surface area (TPSA) is 86.7 Å². The molecule has 0 heterocycles. The van der Waals surface area contributed by atoms with E-state index in [1.165, 1.54) is 42.3 Å². The van der Waals surface area contributed by atoms with E-state index in [1.54, 1.807) is 19.2 Å². The molecule has 6 nitrogen and oxygen atoms in total. The largest absolute Gasteiger partial charge is 0.508 e. The van der Waals surface area contributed by atoms with Gasteiger partial charge in [0.2, 0.25) is 10.0 Å². The van der Waals surface area contributed by atoms with Crippen LogP contribution in [0.25, 0.3) is 0 Å². The Bertz CT molecular complexity index is 835. The minimum Gasteiger partial charge on any atom is -0.508 e. The van der Waals surface area contributed by atoms with Gasteiger partial charge >= 0.3 is 0 Å². The fourth-order valence-electron chi connectivity index (χ4n) is 1.94. The molecular weight excluding hydrogens is 340 g/mol. The van der Waals surface area contributed by atoms with Crippen LogP contribution in [0.4, 0.5) is 5.69 Å². The van der Waals surface area contributed by atoms with Gasteiger partial charge in [-0.1, -0.05) is 11.6 Å². The van der Waals surface area contributed by atoms with E-state index in [2.05, 4.69) is 4.72 Å². The molecule has 122 valence electrons. The number of amides is 1. The summed E-state index contributed by atoms with van der Waals surface area (Å²) in [6.45, 7) is 0. The highest BCUT2D eigenvalue weighted by molar-refractivity contribution is 7.89. The average Bonchev–Trinajstić information content (AvgIpc) is 2.54. The first-order chi connectivity index (χ1) is 10.8. The van der Waals surface area contributed by atoms with Crippen molar-refractivity contribution in [1.29, 1.82) is 0 Å². The summed E-state index contributed by atoms with van der Waals surface area (Å²) < 4.78 is 26.0. The summed E-state index contributed by atoms with van der Waals surface area (Å²) in [5.41, 5.74) is 0.736. The van der Waals surface area contributed by atoms with Gasteiger partial charge in [-0.2, -0.15) is 0 Å². The van der Waals surface area contributed by atoms with Gasteiger partial charge in [-0.25, -0.2) is 13.1 Å². The second kappa shape index (κ2) is 6.57. The number of carbonyl (C=O) groups excluding carboxylic acids is 1. The van der Waals surface area contributed by atoms with Crippen LogP contribution in [-0.2, 0) is 10.0 Å². The van der Waals surface area contributed by atoms with E-state index < -0.39 is 15.9 Å². The van der Waals surface area contributed by atoms with Crippen LogP contribution in [0.5, 0.6) is 5.75 Å². The van der Waals surface area contributed by atoms with Crippen molar-refractivity contribution < 1.29 is 18.3 Å². The van der Waals surface area contributed by atoms with Gasteiger partial charge in [0.1, 0.15) is 10.6 Å². The Morgan fingerprint density at radius 2 is 1.78 bits per heavy atom. The normalized spacial score (nSPS) is 11.3. The lowest BCUT2D eigenvalue weighted by Crippen LogP contribution is -2.27. The molecular formula is C15H15ClN2O4S. The molecule has 0 fully saturated rings. The van der Waals surface area contributed by atoms with Crippen molar-refractivity contribution in [3.05, 3.63) is 53.1 Å². The number of phenols is 1. The number of phenolic OH excluding ortho intramolecular Hbond substituents is 1. The van der Waals surface area contributed by atoms with Crippen LogP contribution in [0.3, 0.4) is 0 Å². The molecule has 8 heteroatoms. The molecule has 0 unspecified atom stereocenters. The molecule has 0 spiro atoms. The average molecular weight is 355 g/mol. The lowest BCUT2D eigenvalue weighted by atomic mass is 10.2. The van der Waals surface area contributed by atoms with Crippen LogP contribution in [0.1, 0.15) is 10.4 Å². The number of rotatable bonds is 4. The first-order valence-electron chi connectivity index (χ1n) is 6.56. The Morgan fingerprint density at radius 3 is 2.35 bits per heavy atom. The molecule has 0 aliphatic heterocycles. The highest BCUT2D eigenvalue weighted by atomic mass is 35.5. The zero-order valence-corrected chi connectivity index (χ0v) is 14.0. The quantitative estimate of drug-likeness (QED) is 0.881. The van der Waals surface area contributed by atoms with E-state index in [0.717, 1.165) is 0 Å². The first-order valence-corrected chi connectivity index (χ1v) is 8.42. The maximum absolute atomic E-state index is 12.5. The van der Waals surface area contributed by atoms with Crippen molar-refractivity contribution in [3.8, 4) is 5.75 Å². The van der Waals surface area contributed by atoms with E-state index in [0.29, 0.717) is 5.69 Å². The number of carbonyl (C=O) groups is 1. The van der Waals surface area contributed by atoms with Gasteiger partial charge in [0.15, 0.2) is 0 Å². The van der Waals surface area contributed by atoms with E-state index in [1.807, 2.05) is 0 Å². The number of hydrogen-bond acceptors (Lipinski definition) is 4. The Balaban J connectivity index is 2.40. The van der Waals surface area contributed by atoms with Gasteiger partial charge in [0.05, 0.1) is 5.02 Å². The van der Waals surface area contributed by atoms with Crippen molar-refractivity contribution in [2.24, 2.45) is 0 Å². The maximum atomic E-state index is 12.5. The van der Waals surface area contributed by atoms with Crippen molar-refractivity contribution in [2.75, 3.05) is 19.0 Å². The fourth-order valence-corrected chi connectivity index (χ4v) is 3.19. The lowest BCUT2D eigenvalue weighted by molar-refractivity contribution is 0.0993. The van der Waals surface area contributed by atoms with Crippen molar-refractivity contribution in [2.45, 2.75) is 4.90 Å². The molecule has 23 heavy (non-hydrogen) atoms. The molecule has 0 aliphatic rings. The highest BCUT2D eigenvalue weighted by Gasteiger charge is 2.20. The molecule has 2 rings (SSSR count). The predicted octanol–water partition coefficient (Wildman–Crippen LogP) is 2.23. The van der Waals surface area contributed by atoms with E-state index >= 15 is 0 Å².